The van der Waals surface area contributed by atoms with Crippen LogP contribution in [0.5, 0.6) is 0 Å². The van der Waals surface area contributed by atoms with E-state index >= 15 is 0 Å². The van der Waals surface area contributed by atoms with Crippen molar-refractivity contribution in [2.75, 3.05) is 0 Å². The first-order valence-electron chi connectivity index (χ1n) is 5.19. The fourth-order valence-electron chi connectivity index (χ4n) is 3.34. The van der Waals surface area contributed by atoms with Gasteiger partial charge in [0.1, 0.15) is 0 Å². The van der Waals surface area contributed by atoms with E-state index in [1.807, 2.05) is 13.8 Å². The van der Waals surface area contributed by atoms with Crippen LogP contribution in [0, 0.1) is 10.8 Å². The quantitative estimate of drug-likeness (QED) is 0.787. The van der Waals surface area contributed by atoms with E-state index < -0.39 is 15.7 Å². The molecule has 2 bridgehead atoms. The summed E-state index contributed by atoms with van der Waals surface area (Å²) in [6.45, 7) is 3.78. The average molecular weight is 275 g/mol. The molecule has 0 aromatic carbocycles. The van der Waals surface area contributed by atoms with E-state index in [0.29, 0.717) is 6.42 Å². The lowest BCUT2D eigenvalue weighted by Crippen LogP contribution is -2.43. The van der Waals surface area contributed by atoms with Crippen molar-refractivity contribution in [3.63, 3.8) is 0 Å². The fraction of sp³-hybridized carbons (Fsp3) is 0.818. The summed E-state index contributed by atoms with van der Waals surface area (Å²) in [4.78, 5) is 23.1. The molecule has 2 rings (SSSR count). The molecule has 15 heavy (non-hydrogen) atoms. The van der Waals surface area contributed by atoms with Gasteiger partial charge in [-0.15, -0.1) is 0 Å². The Labute approximate surface area is 97.4 Å². The van der Waals surface area contributed by atoms with Crippen LogP contribution in [-0.4, -0.2) is 21.2 Å². The van der Waals surface area contributed by atoms with Crippen LogP contribution in [0.3, 0.4) is 0 Å². The predicted octanol–water partition coefficient (Wildman–Crippen LogP) is 2.37. The molecule has 0 heterocycles. The molecule has 0 aromatic heterocycles. The molecule has 2 aliphatic rings. The van der Waals surface area contributed by atoms with Crippen LogP contribution in [0.15, 0.2) is 0 Å². The zero-order valence-electron chi connectivity index (χ0n) is 8.97. The van der Waals surface area contributed by atoms with Gasteiger partial charge in [0.05, 0.1) is 10.7 Å². The molecule has 2 saturated carbocycles. The number of carbonyl (C=O) groups is 2. The Morgan fingerprint density at radius 2 is 2.07 bits per heavy atom. The Morgan fingerprint density at radius 1 is 1.47 bits per heavy atom. The highest BCUT2D eigenvalue weighted by Crippen LogP contribution is 2.68. The van der Waals surface area contributed by atoms with Crippen LogP contribution in [0.1, 0.15) is 39.5 Å². The lowest BCUT2D eigenvalue weighted by atomic mass is 9.63. The molecule has 2 atom stereocenters. The molecular formula is C11H15BrO3. The number of ketones is 1. The van der Waals surface area contributed by atoms with E-state index in [2.05, 4.69) is 15.9 Å². The Morgan fingerprint density at radius 3 is 2.47 bits per heavy atom. The maximum Gasteiger partial charge on any atom is 0.303 e. The molecule has 0 radical (unpaired) electrons. The van der Waals surface area contributed by atoms with Crippen molar-refractivity contribution in [2.45, 2.75) is 43.9 Å². The van der Waals surface area contributed by atoms with E-state index in [1.54, 1.807) is 0 Å². The van der Waals surface area contributed by atoms with Crippen molar-refractivity contribution in [3.8, 4) is 0 Å². The van der Waals surface area contributed by atoms with Crippen molar-refractivity contribution in [3.05, 3.63) is 0 Å². The summed E-state index contributed by atoms with van der Waals surface area (Å²) in [5.41, 5.74) is -0.841. The topological polar surface area (TPSA) is 54.4 Å². The van der Waals surface area contributed by atoms with E-state index in [9.17, 15) is 9.59 Å². The number of carboxylic acids is 1. The van der Waals surface area contributed by atoms with Gasteiger partial charge in [-0.3, -0.25) is 9.59 Å². The van der Waals surface area contributed by atoms with Crippen LogP contribution in [0.4, 0.5) is 0 Å². The van der Waals surface area contributed by atoms with Crippen LogP contribution < -0.4 is 0 Å². The first-order chi connectivity index (χ1) is 6.74. The summed E-state index contributed by atoms with van der Waals surface area (Å²) in [5.74, 6) is -0.614. The molecule has 2 aliphatic carbocycles. The van der Waals surface area contributed by atoms with Crippen LogP contribution >= 0.6 is 15.9 Å². The van der Waals surface area contributed by atoms with E-state index in [4.69, 9.17) is 5.11 Å². The second-order valence-electron chi connectivity index (χ2n) is 5.45. The van der Waals surface area contributed by atoms with Crippen molar-refractivity contribution in [1.82, 2.24) is 0 Å². The molecule has 0 aromatic rings. The number of alkyl halides is 1. The highest BCUT2D eigenvalue weighted by molar-refractivity contribution is 9.10. The standard InChI is InChI=1S/C11H15BrO3/c1-9(2)8(15)11(12)4-3-10(9,6-11)5-7(13)14/h3-6H2,1-2H3,(H,13,14)/t10-,11+/m1/s1. The van der Waals surface area contributed by atoms with Gasteiger partial charge in [-0.1, -0.05) is 29.8 Å². The third-order valence-corrected chi connectivity index (χ3v) is 5.45. The lowest BCUT2D eigenvalue weighted by molar-refractivity contribution is -0.143. The summed E-state index contributed by atoms with van der Waals surface area (Å²) in [6, 6.07) is 0. The summed E-state index contributed by atoms with van der Waals surface area (Å²) < 4.78 is -0.439. The molecule has 0 aliphatic heterocycles. The van der Waals surface area contributed by atoms with Crippen molar-refractivity contribution >= 4 is 27.7 Å². The van der Waals surface area contributed by atoms with Crippen LogP contribution in [0.25, 0.3) is 0 Å². The van der Waals surface area contributed by atoms with Gasteiger partial charge in [0.15, 0.2) is 5.78 Å². The Balaban J connectivity index is 2.42. The summed E-state index contributed by atoms with van der Waals surface area (Å²) in [7, 11) is 0. The van der Waals surface area contributed by atoms with Gasteiger partial charge in [-0.05, 0) is 24.7 Å². The van der Waals surface area contributed by atoms with E-state index in [1.165, 1.54) is 0 Å². The molecule has 0 spiro atoms. The van der Waals surface area contributed by atoms with Gasteiger partial charge in [0.2, 0.25) is 0 Å². The maximum atomic E-state index is 12.2. The number of hydrogen-bond donors (Lipinski definition) is 1. The molecule has 0 unspecified atom stereocenters. The largest absolute Gasteiger partial charge is 0.481 e. The molecule has 1 N–H and O–H groups in total. The highest BCUT2D eigenvalue weighted by atomic mass is 79.9. The Bertz CT molecular complexity index is 350. The molecule has 0 saturated heterocycles. The summed E-state index contributed by atoms with van der Waals surface area (Å²) in [5, 5.41) is 8.96. The third kappa shape index (κ3) is 1.23. The number of carbonyl (C=O) groups excluding carboxylic acids is 1. The number of aliphatic carboxylic acids is 1. The van der Waals surface area contributed by atoms with Crippen molar-refractivity contribution < 1.29 is 14.7 Å². The smallest absolute Gasteiger partial charge is 0.303 e. The van der Waals surface area contributed by atoms with Gasteiger partial charge >= 0.3 is 5.97 Å². The highest BCUT2D eigenvalue weighted by Gasteiger charge is 2.69. The van der Waals surface area contributed by atoms with Gasteiger partial charge in [0, 0.05) is 5.41 Å². The fourth-order valence-corrected chi connectivity index (χ4v) is 4.57. The van der Waals surface area contributed by atoms with Crippen molar-refractivity contribution in [1.29, 1.82) is 0 Å². The van der Waals surface area contributed by atoms with E-state index in [-0.39, 0.29) is 17.6 Å². The monoisotopic (exact) mass is 274 g/mol. The number of fused-ring (bicyclic) bond motifs is 2. The normalized spacial score (nSPS) is 42.2. The third-order valence-electron chi connectivity index (χ3n) is 4.41. The average Bonchev–Trinajstić information content (AvgIpc) is 2.48. The molecule has 0 amide bonds. The zero-order valence-corrected chi connectivity index (χ0v) is 10.6. The Hall–Kier alpha value is -0.380. The minimum absolute atomic E-state index is 0.110. The second-order valence-corrected chi connectivity index (χ2v) is 6.97. The molecule has 4 heteroatoms. The number of hydrogen-bond acceptors (Lipinski definition) is 2. The predicted molar refractivity (Wildman–Crippen MR) is 59.0 cm³/mol. The van der Waals surface area contributed by atoms with Crippen LogP contribution in [-0.2, 0) is 9.59 Å². The summed E-state index contributed by atoms with van der Waals surface area (Å²) in [6.07, 6.45) is 2.41. The molecule has 2 fully saturated rings. The number of halogens is 1. The number of Topliss-reactive ketones (excluding diaryl/α,β-unsaturated/α-hetero) is 1. The SMILES string of the molecule is CC1(C)C(=O)[C@]2(Br)CC[C@@]1(CC(=O)O)C2. The second kappa shape index (κ2) is 2.84. The minimum Gasteiger partial charge on any atom is -0.481 e. The number of carboxylic acid groups (broad SMARTS) is 1. The lowest BCUT2D eigenvalue weighted by Gasteiger charge is -2.40. The van der Waals surface area contributed by atoms with E-state index in [0.717, 1.165) is 12.8 Å². The maximum absolute atomic E-state index is 12.2. The molecule has 3 nitrogen and oxygen atoms in total. The Kier molecular flexibility index (Phi) is 2.11. The molecule has 84 valence electrons. The van der Waals surface area contributed by atoms with Gasteiger partial charge < -0.3 is 5.11 Å². The number of rotatable bonds is 2. The minimum atomic E-state index is -0.797. The first kappa shape index (κ1) is 11.1. The van der Waals surface area contributed by atoms with Gasteiger partial charge in [-0.25, -0.2) is 0 Å². The van der Waals surface area contributed by atoms with Crippen LogP contribution in [0.2, 0.25) is 0 Å². The molecular weight excluding hydrogens is 260 g/mol. The first-order valence-corrected chi connectivity index (χ1v) is 5.99. The van der Waals surface area contributed by atoms with Gasteiger partial charge in [0.25, 0.3) is 0 Å². The zero-order chi connectivity index (χ0) is 11.5. The van der Waals surface area contributed by atoms with Gasteiger partial charge in [-0.2, -0.15) is 0 Å². The van der Waals surface area contributed by atoms with Crippen molar-refractivity contribution in [2.24, 2.45) is 10.8 Å². The summed E-state index contributed by atoms with van der Waals surface area (Å²) >= 11 is 3.51.